The minimum atomic E-state index is -0.211. The molecule has 0 aliphatic heterocycles. The number of rotatable bonds is 12. The van der Waals surface area contributed by atoms with Gasteiger partial charge in [-0.05, 0) is 99.1 Å². The molecule has 3 aliphatic carbocycles. The number of hydrogen-bond acceptors (Lipinski definition) is 4. The maximum atomic E-state index is 13.6. The number of hydrogen-bond donors (Lipinski definition) is 3. The first-order chi connectivity index (χ1) is 16.1. The highest BCUT2D eigenvalue weighted by atomic mass is 32.2. The SMILES string of the molecule is CCC/C=C(/C=C\NC)NC(=O)[C@H](C[C@H]1CCC(O)C1)c1ccc(SC2CC2)c(C2CC2)c1. The van der Waals surface area contributed by atoms with Crippen molar-refractivity contribution in [2.75, 3.05) is 7.05 Å². The van der Waals surface area contributed by atoms with Crippen LogP contribution in [-0.2, 0) is 4.79 Å². The molecule has 0 radical (unpaired) electrons. The largest absolute Gasteiger partial charge is 0.394 e. The normalized spacial score (nSPS) is 24.3. The number of allylic oxidation sites excluding steroid dienone is 2. The van der Waals surface area contributed by atoms with E-state index in [-0.39, 0.29) is 17.9 Å². The molecule has 1 aromatic rings. The van der Waals surface area contributed by atoms with Gasteiger partial charge < -0.3 is 15.7 Å². The zero-order chi connectivity index (χ0) is 23.2. The van der Waals surface area contributed by atoms with Crippen LogP contribution in [0.4, 0.5) is 0 Å². The third-order valence-corrected chi connectivity index (χ3v) is 8.45. The summed E-state index contributed by atoms with van der Waals surface area (Å²) in [4.78, 5) is 15.1. The summed E-state index contributed by atoms with van der Waals surface area (Å²) in [5, 5.41) is 17.1. The summed E-state index contributed by atoms with van der Waals surface area (Å²) in [7, 11) is 1.87. The molecule has 3 atom stereocenters. The van der Waals surface area contributed by atoms with Gasteiger partial charge in [0.1, 0.15) is 0 Å². The lowest BCUT2D eigenvalue weighted by Crippen LogP contribution is -2.30. The molecule has 5 heteroatoms. The van der Waals surface area contributed by atoms with Crippen molar-refractivity contribution in [3.8, 4) is 0 Å². The Balaban J connectivity index is 1.58. The van der Waals surface area contributed by atoms with Crippen LogP contribution in [0.1, 0.15) is 94.1 Å². The maximum Gasteiger partial charge on any atom is 0.231 e. The number of aliphatic hydroxyl groups is 1. The molecule has 4 nitrogen and oxygen atoms in total. The topological polar surface area (TPSA) is 61.4 Å². The molecule has 3 saturated carbocycles. The van der Waals surface area contributed by atoms with E-state index in [1.54, 1.807) is 0 Å². The molecule has 1 unspecified atom stereocenters. The van der Waals surface area contributed by atoms with Crippen molar-refractivity contribution in [1.82, 2.24) is 10.6 Å². The van der Waals surface area contributed by atoms with Crippen molar-refractivity contribution in [2.45, 2.75) is 99.2 Å². The minimum absolute atomic E-state index is 0.0730. The molecule has 4 rings (SSSR count). The standard InChI is InChI=1S/C28H40N2O2S/c1-3-4-5-22(14-15-29-2)30-28(32)26(17-19-6-10-23(31)16-19)21-9-13-27(33-24-11-12-24)25(18-21)20-7-8-20/h5,9,13-15,18-20,23-24,26,29,31H,3-4,6-8,10-12,16-17H2,1-2H3,(H,30,32)/b15-14-,22-5-/t19-,23?,26+/m0/s1. The van der Waals surface area contributed by atoms with E-state index in [0.717, 1.165) is 55.0 Å². The molecule has 3 aliphatic rings. The Morgan fingerprint density at radius 1 is 1.21 bits per heavy atom. The van der Waals surface area contributed by atoms with Crippen molar-refractivity contribution in [2.24, 2.45) is 5.92 Å². The van der Waals surface area contributed by atoms with Crippen molar-refractivity contribution in [1.29, 1.82) is 0 Å². The summed E-state index contributed by atoms with van der Waals surface area (Å²) in [6.07, 6.45) is 16.4. The third kappa shape index (κ3) is 7.13. The van der Waals surface area contributed by atoms with Crippen LogP contribution in [0.5, 0.6) is 0 Å². The highest BCUT2D eigenvalue weighted by molar-refractivity contribution is 8.00. The lowest BCUT2D eigenvalue weighted by atomic mass is 9.86. The summed E-state index contributed by atoms with van der Waals surface area (Å²) in [5.41, 5.74) is 3.46. The van der Waals surface area contributed by atoms with E-state index in [1.165, 1.54) is 36.1 Å². The van der Waals surface area contributed by atoms with Crippen LogP contribution in [0.25, 0.3) is 0 Å². The van der Waals surface area contributed by atoms with Gasteiger partial charge in [-0.15, -0.1) is 11.8 Å². The predicted molar refractivity (Wildman–Crippen MR) is 137 cm³/mol. The van der Waals surface area contributed by atoms with Crippen LogP contribution in [0.15, 0.2) is 47.1 Å². The van der Waals surface area contributed by atoms with Crippen LogP contribution >= 0.6 is 11.8 Å². The van der Waals surface area contributed by atoms with E-state index in [0.29, 0.717) is 11.8 Å². The monoisotopic (exact) mass is 468 g/mol. The average molecular weight is 469 g/mol. The van der Waals surface area contributed by atoms with Gasteiger partial charge in [0.05, 0.1) is 12.0 Å². The van der Waals surface area contributed by atoms with Gasteiger partial charge in [-0.3, -0.25) is 4.79 Å². The average Bonchev–Trinajstić information content (AvgIpc) is 3.74. The number of carbonyl (C=O) groups is 1. The number of carbonyl (C=O) groups excluding carboxylic acids is 1. The Morgan fingerprint density at radius 3 is 2.67 bits per heavy atom. The second kappa shape index (κ2) is 11.6. The molecule has 33 heavy (non-hydrogen) atoms. The lowest BCUT2D eigenvalue weighted by molar-refractivity contribution is -0.122. The van der Waals surface area contributed by atoms with E-state index in [2.05, 4.69) is 41.8 Å². The van der Waals surface area contributed by atoms with E-state index in [9.17, 15) is 9.90 Å². The predicted octanol–water partition coefficient (Wildman–Crippen LogP) is 5.99. The Morgan fingerprint density at radius 2 is 2.03 bits per heavy atom. The fraction of sp³-hybridized carbons (Fsp3) is 0.607. The van der Waals surface area contributed by atoms with Crippen LogP contribution < -0.4 is 10.6 Å². The number of nitrogens with one attached hydrogen (secondary N) is 2. The third-order valence-electron chi connectivity index (χ3n) is 7.02. The highest BCUT2D eigenvalue weighted by Crippen LogP contribution is 2.49. The van der Waals surface area contributed by atoms with Crippen LogP contribution in [0.3, 0.4) is 0 Å². The van der Waals surface area contributed by atoms with Crippen molar-refractivity contribution in [3.63, 3.8) is 0 Å². The molecule has 0 heterocycles. The number of benzene rings is 1. The second-order valence-electron chi connectivity index (χ2n) is 10.1. The zero-order valence-corrected chi connectivity index (χ0v) is 21.0. The van der Waals surface area contributed by atoms with Gasteiger partial charge in [-0.25, -0.2) is 0 Å². The van der Waals surface area contributed by atoms with Crippen LogP contribution in [-0.4, -0.2) is 29.4 Å². The van der Waals surface area contributed by atoms with Crippen molar-refractivity contribution < 1.29 is 9.90 Å². The first kappa shape index (κ1) is 24.4. The van der Waals surface area contributed by atoms with E-state index in [4.69, 9.17) is 0 Å². The molecule has 0 saturated heterocycles. The van der Waals surface area contributed by atoms with Gasteiger partial charge in [0.25, 0.3) is 0 Å². The molecule has 1 amide bonds. The molecule has 3 fully saturated rings. The molecule has 3 N–H and O–H groups in total. The summed E-state index contributed by atoms with van der Waals surface area (Å²) >= 11 is 2.04. The molecule has 180 valence electrons. The quantitative estimate of drug-likeness (QED) is 0.330. The van der Waals surface area contributed by atoms with Gasteiger partial charge in [-0.2, -0.15) is 0 Å². The lowest BCUT2D eigenvalue weighted by Gasteiger charge is -2.23. The van der Waals surface area contributed by atoms with Crippen LogP contribution in [0, 0.1) is 5.92 Å². The second-order valence-corrected chi connectivity index (χ2v) is 11.4. The van der Waals surface area contributed by atoms with Gasteiger partial charge in [0, 0.05) is 22.9 Å². The Hall–Kier alpha value is -1.72. The molecule has 0 spiro atoms. The molecular weight excluding hydrogens is 428 g/mol. The summed E-state index contributed by atoms with van der Waals surface area (Å²) in [6.45, 7) is 2.15. The maximum absolute atomic E-state index is 13.6. The molecular formula is C28H40N2O2S. The number of thioether (sulfide) groups is 1. The first-order valence-electron chi connectivity index (χ1n) is 12.9. The molecule has 0 bridgehead atoms. The Kier molecular flexibility index (Phi) is 8.59. The number of aliphatic hydroxyl groups excluding tert-OH is 1. The van der Waals surface area contributed by atoms with Crippen LogP contribution in [0.2, 0.25) is 0 Å². The summed E-state index contributed by atoms with van der Waals surface area (Å²) in [5.74, 6) is 0.952. The summed E-state index contributed by atoms with van der Waals surface area (Å²) < 4.78 is 0. The Labute approximate surface area is 203 Å². The van der Waals surface area contributed by atoms with Gasteiger partial charge >= 0.3 is 0 Å². The molecule has 1 aromatic carbocycles. The number of unbranched alkanes of at least 4 members (excludes halogenated alkanes) is 1. The number of amides is 1. The van der Waals surface area contributed by atoms with Gasteiger partial charge in [-0.1, -0.05) is 31.6 Å². The fourth-order valence-electron chi connectivity index (χ4n) is 4.82. The van der Waals surface area contributed by atoms with Crippen molar-refractivity contribution in [3.05, 3.63) is 53.4 Å². The smallest absolute Gasteiger partial charge is 0.231 e. The highest BCUT2D eigenvalue weighted by Gasteiger charge is 2.33. The van der Waals surface area contributed by atoms with Crippen molar-refractivity contribution >= 4 is 17.7 Å². The fourth-order valence-corrected chi connectivity index (χ4v) is 6.06. The van der Waals surface area contributed by atoms with Gasteiger partial charge in [0.2, 0.25) is 5.91 Å². The zero-order valence-electron chi connectivity index (χ0n) is 20.2. The van der Waals surface area contributed by atoms with E-state index < -0.39 is 0 Å². The molecule has 0 aromatic heterocycles. The Bertz CT molecular complexity index is 873. The minimum Gasteiger partial charge on any atom is -0.394 e. The van der Waals surface area contributed by atoms with E-state index in [1.807, 2.05) is 31.1 Å². The van der Waals surface area contributed by atoms with Gasteiger partial charge in [0.15, 0.2) is 0 Å². The summed E-state index contributed by atoms with van der Waals surface area (Å²) in [6, 6.07) is 6.83. The van der Waals surface area contributed by atoms with E-state index >= 15 is 0 Å². The first-order valence-corrected chi connectivity index (χ1v) is 13.8.